The molecule has 0 spiro atoms. The van der Waals surface area contributed by atoms with Crippen LogP contribution in [0.25, 0.3) is 33.5 Å². The van der Waals surface area contributed by atoms with Crippen LogP contribution in [0, 0.1) is 0 Å². The maximum Gasteiger partial charge on any atom is 0.268 e. The van der Waals surface area contributed by atoms with Crippen LogP contribution < -0.4 is 5.73 Å². The Morgan fingerprint density at radius 3 is 2.63 bits per heavy atom. The number of fused-ring (bicyclic) bond motifs is 1. The number of nitrogens with two attached hydrogens (primary N) is 1. The molecule has 1 aromatic carbocycles. The van der Waals surface area contributed by atoms with Gasteiger partial charge in [-0.1, -0.05) is 24.3 Å². The number of amides is 1. The molecule has 0 aliphatic heterocycles. The van der Waals surface area contributed by atoms with Gasteiger partial charge in [-0.05, 0) is 31.0 Å². The van der Waals surface area contributed by atoms with E-state index in [1.165, 1.54) is 0 Å². The molecule has 7 nitrogen and oxygen atoms in total. The highest BCUT2D eigenvalue weighted by atomic mass is 16.1. The Morgan fingerprint density at radius 2 is 1.89 bits per heavy atom. The fourth-order valence-electron chi connectivity index (χ4n) is 3.43. The minimum Gasteiger partial charge on any atom is -0.364 e. The highest BCUT2D eigenvalue weighted by molar-refractivity contribution is 6.09. The molecule has 3 aromatic heterocycles. The molecule has 0 atom stereocenters. The van der Waals surface area contributed by atoms with Gasteiger partial charge in [0.15, 0.2) is 5.82 Å². The summed E-state index contributed by atoms with van der Waals surface area (Å²) in [5.74, 6) is 0.00323. The van der Waals surface area contributed by atoms with Gasteiger partial charge in [-0.2, -0.15) is 0 Å². The summed E-state index contributed by atoms with van der Waals surface area (Å²) < 4.78 is 2.00. The molecule has 0 radical (unpaired) electrons. The summed E-state index contributed by atoms with van der Waals surface area (Å²) >= 11 is 0. The van der Waals surface area contributed by atoms with Crippen molar-refractivity contribution in [2.45, 2.75) is 18.9 Å². The monoisotopic (exact) mass is 356 g/mol. The zero-order valence-corrected chi connectivity index (χ0v) is 14.4. The van der Waals surface area contributed by atoms with Crippen molar-refractivity contribution in [1.82, 2.24) is 24.7 Å². The lowest BCUT2D eigenvalue weighted by Gasteiger charge is -2.16. The molecule has 5 rings (SSSR count). The van der Waals surface area contributed by atoms with E-state index in [1.807, 2.05) is 47.0 Å². The third kappa shape index (κ3) is 2.55. The number of hydrogen-bond donors (Lipinski definition) is 1. The number of aromatic nitrogens is 5. The second-order valence-corrected chi connectivity index (χ2v) is 6.60. The molecule has 132 valence electrons. The number of carbonyl (C=O) groups is 1. The third-order valence-electron chi connectivity index (χ3n) is 4.78. The predicted octanol–water partition coefficient (Wildman–Crippen LogP) is 2.99. The number of primary amides is 1. The van der Waals surface area contributed by atoms with Gasteiger partial charge in [0.05, 0.1) is 16.8 Å². The van der Waals surface area contributed by atoms with Gasteiger partial charge in [0, 0.05) is 23.2 Å². The van der Waals surface area contributed by atoms with Crippen LogP contribution in [-0.4, -0.2) is 30.6 Å². The Morgan fingerprint density at radius 1 is 1.07 bits per heavy atom. The first-order chi connectivity index (χ1) is 13.2. The smallest absolute Gasteiger partial charge is 0.268 e. The second kappa shape index (κ2) is 5.98. The maximum atomic E-state index is 12.3. The van der Waals surface area contributed by atoms with E-state index in [9.17, 15) is 4.79 Å². The molecule has 1 aliphatic carbocycles. The quantitative estimate of drug-likeness (QED) is 0.606. The van der Waals surface area contributed by atoms with Crippen molar-refractivity contribution < 1.29 is 4.79 Å². The Balaban J connectivity index is 1.94. The molecule has 1 amide bonds. The lowest BCUT2D eigenvalue weighted by Crippen LogP contribution is -2.17. The van der Waals surface area contributed by atoms with Crippen molar-refractivity contribution in [1.29, 1.82) is 0 Å². The average molecular weight is 356 g/mol. The molecule has 4 aromatic rings. The molecule has 0 unspecified atom stereocenters. The SMILES string of the molecule is NC(=O)c1nc2ccccc2c(-c2ccccn2)c1-c1nncn1C1CC1. The molecule has 1 aliphatic rings. The standard InChI is InChI=1S/C20H16N6O/c21-19(27)18-17(20-25-23-11-26(20)12-8-9-12)16(15-7-3-4-10-22-15)13-5-1-2-6-14(13)24-18/h1-7,10-12H,8-9H2,(H2,21,27). The first kappa shape index (κ1) is 15.6. The molecule has 27 heavy (non-hydrogen) atoms. The minimum absolute atomic E-state index is 0.184. The molecule has 1 fully saturated rings. The molecule has 3 heterocycles. The van der Waals surface area contributed by atoms with E-state index in [1.54, 1.807) is 12.5 Å². The highest BCUT2D eigenvalue weighted by Gasteiger charge is 2.31. The van der Waals surface area contributed by atoms with Crippen LogP contribution >= 0.6 is 0 Å². The van der Waals surface area contributed by atoms with Gasteiger partial charge >= 0.3 is 0 Å². The largest absolute Gasteiger partial charge is 0.364 e. The fraction of sp³-hybridized carbons (Fsp3) is 0.150. The maximum absolute atomic E-state index is 12.3. The van der Waals surface area contributed by atoms with Crippen LogP contribution in [0.15, 0.2) is 55.0 Å². The van der Waals surface area contributed by atoms with Gasteiger partial charge in [-0.25, -0.2) is 4.98 Å². The summed E-state index contributed by atoms with van der Waals surface area (Å²) in [5, 5.41) is 9.30. The van der Waals surface area contributed by atoms with E-state index >= 15 is 0 Å². The van der Waals surface area contributed by atoms with Gasteiger partial charge in [0.25, 0.3) is 5.91 Å². The van der Waals surface area contributed by atoms with Crippen molar-refractivity contribution in [3.05, 3.63) is 60.7 Å². The molecule has 7 heteroatoms. The summed E-state index contributed by atoms with van der Waals surface area (Å²) in [6.45, 7) is 0. The molecule has 2 N–H and O–H groups in total. The van der Waals surface area contributed by atoms with Gasteiger partial charge in [-0.15, -0.1) is 10.2 Å². The Hall–Kier alpha value is -3.61. The number of para-hydroxylation sites is 1. The summed E-state index contributed by atoms with van der Waals surface area (Å²) in [5.41, 5.74) is 8.71. The van der Waals surface area contributed by atoms with Crippen LogP contribution in [0.3, 0.4) is 0 Å². The van der Waals surface area contributed by atoms with E-state index in [0.29, 0.717) is 22.9 Å². The van der Waals surface area contributed by atoms with Crippen molar-refractivity contribution >= 4 is 16.8 Å². The van der Waals surface area contributed by atoms with Gasteiger partial charge in [0.1, 0.15) is 12.0 Å². The number of carbonyl (C=O) groups excluding carboxylic acids is 1. The van der Waals surface area contributed by atoms with E-state index in [4.69, 9.17) is 5.73 Å². The summed E-state index contributed by atoms with van der Waals surface area (Å²) in [4.78, 5) is 21.4. The Labute approximate surface area is 154 Å². The number of benzene rings is 1. The van der Waals surface area contributed by atoms with E-state index in [0.717, 1.165) is 29.5 Å². The number of rotatable bonds is 4. The van der Waals surface area contributed by atoms with Crippen LogP contribution in [0.4, 0.5) is 0 Å². The average Bonchev–Trinajstić information content (AvgIpc) is 3.44. The van der Waals surface area contributed by atoms with E-state index < -0.39 is 5.91 Å². The summed E-state index contributed by atoms with van der Waals surface area (Å²) in [6, 6.07) is 13.7. The first-order valence-corrected chi connectivity index (χ1v) is 8.78. The molecule has 1 saturated carbocycles. The fourth-order valence-corrected chi connectivity index (χ4v) is 3.43. The summed E-state index contributed by atoms with van der Waals surface area (Å²) in [6.07, 6.45) is 5.56. The van der Waals surface area contributed by atoms with Crippen LogP contribution in [0.1, 0.15) is 29.4 Å². The van der Waals surface area contributed by atoms with E-state index in [2.05, 4.69) is 20.2 Å². The van der Waals surface area contributed by atoms with Gasteiger partial charge in [0.2, 0.25) is 0 Å². The summed E-state index contributed by atoms with van der Waals surface area (Å²) in [7, 11) is 0. The predicted molar refractivity (Wildman–Crippen MR) is 101 cm³/mol. The second-order valence-electron chi connectivity index (χ2n) is 6.60. The van der Waals surface area contributed by atoms with Crippen molar-refractivity contribution in [3.8, 4) is 22.6 Å². The lowest BCUT2D eigenvalue weighted by molar-refractivity contribution is 0.0996. The van der Waals surface area contributed by atoms with Gasteiger partial charge in [-0.3, -0.25) is 9.78 Å². The zero-order chi connectivity index (χ0) is 18.4. The topological polar surface area (TPSA) is 99.6 Å². The normalized spacial score (nSPS) is 13.8. The van der Waals surface area contributed by atoms with Crippen molar-refractivity contribution in [3.63, 3.8) is 0 Å². The van der Waals surface area contributed by atoms with E-state index in [-0.39, 0.29) is 5.69 Å². The first-order valence-electron chi connectivity index (χ1n) is 8.78. The van der Waals surface area contributed by atoms with Crippen molar-refractivity contribution in [2.24, 2.45) is 5.73 Å². The molecule has 0 saturated heterocycles. The number of hydrogen-bond acceptors (Lipinski definition) is 5. The molecule has 0 bridgehead atoms. The van der Waals surface area contributed by atoms with Crippen LogP contribution in [0.2, 0.25) is 0 Å². The molecular formula is C20H16N6O. The van der Waals surface area contributed by atoms with Crippen molar-refractivity contribution in [2.75, 3.05) is 0 Å². The minimum atomic E-state index is -0.599. The zero-order valence-electron chi connectivity index (χ0n) is 14.4. The van der Waals surface area contributed by atoms with Crippen LogP contribution in [-0.2, 0) is 0 Å². The van der Waals surface area contributed by atoms with Crippen LogP contribution in [0.5, 0.6) is 0 Å². The Kier molecular flexibility index (Phi) is 3.46. The molecular weight excluding hydrogens is 340 g/mol. The van der Waals surface area contributed by atoms with Gasteiger partial charge < -0.3 is 10.3 Å². The number of pyridine rings is 2. The Bertz CT molecular complexity index is 1160. The highest BCUT2D eigenvalue weighted by Crippen LogP contribution is 2.42. The number of nitrogens with zero attached hydrogens (tertiary/aromatic N) is 5. The third-order valence-corrected chi connectivity index (χ3v) is 4.78. The lowest BCUT2D eigenvalue weighted by atomic mass is 9.96.